The Morgan fingerprint density at radius 1 is 1.19 bits per heavy atom. The van der Waals surface area contributed by atoms with Crippen molar-refractivity contribution in [3.8, 4) is 12.3 Å². The fourth-order valence-corrected chi connectivity index (χ4v) is 1.86. The predicted molar refractivity (Wildman–Crippen MR) is 76.4 cm³/mol. The highest BCUT2D eigenvalue weighted by atomic mass is 19.1. The van der Waals surface area contributed by atoms with Crippen molar-refractivity contribution < 1.29 is 9.18 Å². The molecule has 1 aromatic heterocycles. The number of aromatic nitrogens is 2. The largest absolute Gasteiger partial charge is 0.327 e. The molecule has 0 aliphatic heterocycles. The first kappa shape index (κ1) is 14.7. The van der Waals surface area contributed by atoms with Gasteiger partial charge in [-0.1, -0.05) is 18.1 Å². The highest BCUT2D eigenvalue weighted by Gasteiger charge is 2.14. The van der Waals surface area contributed by atoms with Gasteiger partial charge in [0.05, 0.1) is 13.0 Å². The average molecular weight is 283 g/mol. The topological polar surface area (TPSA) is 46.1 Å². The Morgan fingerprint density at radius 2 is 1.86 bits per heavy atom. The fourth-order valence-electron chi connectivity index (χ4n) is 1.86. The number of halogens is 1. The molecule has 1 heterocycles. The van der Waals surface area contributed by atoms with E-state index >= 15 is 0 Å². The molecule has 106 valence electrons. The van der Waals surface area contributed by atoms with E-state index in [2.05, 4.69) is 15.9 Å². The van der Waals surface area contributed by atoms with E-state index in [1.165, 1.54) is 18.5 Å². The van der Waals surface area contributed by atoms with E-state index in [0.717, 1.165) is 11.1 Å². The average Bonchev–Trinajstić information content (AvgIpc) is 2.50. The van der Waals surface area contributed by atoms with E-state index in [-0.39, 0.29) is 24.7 Å². The second kappa shape index (κ2) is 7.15. The molecule has 1 aromatic carbocycles. The van der Waals surface area contributed by atoms with Gasteiger partial charge in [-0.25, -0.2) is 14.4 Å². The summed E-state index contributed by atoms with van der Waals surface area (Å²) in [6.45, 7) is 0.543. The van der Waals surface area contributed by atoms with Crippen molar-refractivity contribution >= 4 is 5.91 Å². The monoisotopic (exact) mass is 283 g/mol. The first-order valence-corrected chi connectivity index (χ1v) is 6.38. The van der Waals surface area contributed by atoms with Crippen LogP contribution in [0, 0.1) is 18.2 Å². The second-order valence-electron chi connectivity index (χ2n) is 4.50. The lowest BCUT2D eigenvalue weighted by Crippen LogP contribution is -2.32. The van der Waals surface area contributed by atoms with E-state index < -0.39 is 0 Å². The molecule has 0 saturated heterocycles. The summed E-state index contributed by atoms with van der Waals surface area (Å²) >= 11 is 0. The quantitative estimate of drug-likeness (QED) is 0.786. The predicted octanol–water partition coefficient (Wildman–Crippen LogP) is 1.82. The van der Waals surface area contributed by atoms with Crippen LogP contribution < -0.4 is 0 Å². The van der Waals surface area contributed by atoms with Crippen LogP contribution in [0.15, 0.2) is 43.0 Å². The molecule has 21 heavy (non-hydrogen) atoms. The van der Waals surface area contributed by atoms with E-state index in [1.54, 1.807) is 29.4 Å². The van der Waals surface area contributed by atoms with Crippen molar-refractivity contribution in [3.63, 3.8) is 0 Å². The molecule has 0 N–H and O–H groups in total. The Morgan fingerprint density at radius 3 is 2.48 bits per heavy atom. The van der Waals surface area contributed by atoms with Gasteiger partial charge in [0.2, 0.25) is 5.91 Å². The van der Waals surface area contributed by atoms with Gasteiger partial charge in [-0.15, -0.1) is 6.42 Å². The lowest BCUT2D eigenvalue weighted by Gasteiger charge is -2.20. The Kier molecular flexibility index (Phi) is 4.99. The van der Waals surface area contributed by atoms with Gasteiger partial charge in [0.25, 0.3) is 0 Å². The minimum Gasteiger partial charge on any atom is -0.327 e. The molecule has 0 spiro atoms. The van der Waals surface area contributed by atoms with Crippen LogP contribution in [0.5, 0.6) is 0 Å². The van der Waals surface area contributed by atoms with Gasteiger partial charge in [0, 0.05) is 18.9 Å². The molecule has 0 saturated carbocycles. The van der Waals surface area contributed by atoms with Crippen molar-refractivity contribution in [3.05, 3.63) is 59.9 Å². The third-order valence-electron chi connectivity index (χ3n) is 2.89. The summed E-state index contributed by atoms with van der Waals surface area (Å²) in [5, 5.41) is 0. The lowest BCUT2D eigenvalue weighted by molar-refractivity contribution is -0.130. The van der Waals surface area contributed by atoms with Gasteiger partial charge in [0.1, 0.15) is 12.1 Å². The maximum atomic E-state index is 12.9. The van der Waals surface area contributed by atoms with Crippen LogP contribution in [0.1, 0.15) is 11.1 Å². The lowest BCUT2D eigenvalue weighted by atomic mass is 10.1. The Bertz CT molecular complexity index is 635. The number of rotatable bonds is 5. The zero-order chi connectivity index (χ0) is 15.1. The van der Waals surface area contributed by atoms with Gasteiger partial charge in [0.15, 0.2) is 0 Å². The Hall–Kier alpha value is -2.74. The van der Waals surface area contributed by atoms with E-state index in [4.69, 9.17) is 6.42 Å². The standard InChI is InChI=1S/C16H14FN3O/c1-2-7-20(11-13-3-5-15(17)6-4-13)16(21)8-14-9-18-12-19-10-14/h1,3-6,9-10,12H,7-8,11H2. The maximum Gasteiger partial charge on any atom is 0.228 e. The molecule has 0 unspecified atom stereocenters. The van der Waals surface area contributed by atoms with Crippen LogP contribution >= 0.6 is 0 Å². The zero-order valence-electron chi connectivity index (χ0n) is 11.4. The third-order valence-corrected chi connectivity index (χ3v) is 2.89. The summed E-state index contributed by atoms with van der Waals surface area (Å²) < 4.78 is 12.9. The van der Waals surface area contributed by atoms with Crippen molar-refractivity contribution in [2.75, 3.05) is 6.54 Å². The Balaban J connectivity index is 2.06. The van der Waals surface area contributed by atoms with Crippen molar-refractivity contribution in [1.29, 1.82) is 0 Å². The number of carbonyl (C=O) groups excluding carboxylic acids is 1. The molecule has 0 atom stereocenters. The highest BCUT2D eigenvalue weighted by Crippen LogP contribution is 2.08. The van der Waals surface area contributed by atoms with Gasteiger partial charge >= 0.3 is 0 Å². The van der Waals surface area contributed by atoms with Crippen LogP contribution in [0.2, 0.25) is 0 Å². The highest BCUT2D eigenvalue weighted by molar-refractivity contribution is 5.78. The summed E-state index contributed by atoms with van der Waals surface area (Å²) in [6.07, 6.45) is 10.1. The number of benzene rings is 1. The van der Waals surface area contributed by atoms with Crippen molar-refractivity contribution in [2.24, 2.45) is 0 Å². The maximum absolute atomic E-state index is 12.9. The first-order valence-electron chi connectivity index (χ1n) is 6.38. The molecule has 2 rings (SSSR count). The van der Waals surface area contributed by atoms with Crippen LogP contribution in [0.3, 0.4) is 0 Å². The van der Waals surface area contributed by atoms with E-state index in [9.17, 15) is 9.18 Å². The zero-order valence-corrected chi connectivity index (χ0v) is 11.4. The van der Waals surface area contributed by atoms with E-state index in [0.29, 0.717) is 6.54 Å². The summed E-state index contributed by atoms with van der Waals surface area (Å²) in [4.78, 5) is 21.6. The smallest absolute Gasteiger partial charge is 0.228 e. The number of hydrogen-bond donors (Lipinski definition) is 0. The summed E-state index contributed by atoms with van der Waals surface area (Å²) in [6, 6.07) is 5.99. The summed E-state index contributed by atoms with van der Waals surface area (Å²) in [7, 11) is 0. The number of nitrogens with zero attached hydrogens (tertiary/aromatic N) is 3. The molecule has 5 heteroatoms. The number of terminal acetylenes is 1. The summed E-state index contributed by atoms with van der Waals surface area (Å²) in [5.74, 6) is 2.04. The molecule has 1 amide bonds. The number of amides is 1. The molecule has 4 nitrogen and oxygen atoms in total. The summed E-state index contributed by atoms with van der Waals surface area (Å²) in [5.41, 5.74) is 1.55. The molecule has 0 aliphatic rings. The molecular weight excluding hydrogens is 269 g/mol. The normalized spacial score (nSPS) is 9.90. The number of carbonyl (C=O) groups is 1. The molecular formula is C16H14FN3O. The fraction of sp³-hybridized carbons (Fsp3) is 0.188. The van der Waals surface area contributed by atoms with Gasteiger partial charge < -0.3 is 4.90 Å². The molecule has 0 radical (unpaired) electrons. The minimum absolute atomic E-state index is 0.118. The van der Waals surface area contributed by atoms with Crippen molar-refractivity contribution in [1.82, 2.24) is 14.9 Å². The van der Waals surface area contributed by atoms with Crippen LogP contribution in [-0.4, -0.2) is 27.3 Å². The second-order valence-corrected chi connectivity index (χ2v) is 4.50. The molecule has 2 aromatic rings. The van der Waals surface area contributed by atoms with Crippen LogP contribution in [0.25, 0.3) is 0 Å². The Labute approximate surface area is 122 Å². The number of hydrogen-bond acceptors (Lipinski definition) is 3. The van der Waals surface area contributed by atoms with Crippen molar-refractivity contribution in [2.45, 2.75) is 13.0 Å². The first-order chi connectivity index (χ1) is 10.2. The molecule has 0 fully saturated rings. The van der Waals surface area contributed by atoms with Gasteiger partial charge in [-0.2, -0.15) is 0 Å². The van der Waals surface area contributed by atoms with Gasteiger partial charge in [-0.3, -0.25) is 4.79 Å². The third kappa shape index (κ3) is 4.39. The SMILES string of the molecule is C#CCN(Cc1ccc(F)cc1)C(=O)Cc1cncnc1. The van der Waals surface area contributed by atoms with E-state index in [1.807, 2.05) is 0 Å². The van der Waals surface area contributed by atoms with Crippen LogP contribution in [-0.2, 0) is 17.8 Å². The molecule has 0 aliphatic carbocycles. The minimum atomic E-state index is -0.310. The van der Waals surface area contributed by atoms with Crippen LogP contribution in [0.4, 0.5) is 4.39 Å². The molecule has 0 bridgehead atoms. The van der Waals surface area contributed by atoms with Gasteiger partial charge in [-0.05, 0) is 23.3 Å².